The van der Waals surface area contributed by atoms with E-state index in [1.165, 1.54) is 12.8 Å². The van der Waals surface area contributed by atoms with Crippen LogP contribution < -0.4 is 10.5 Å². The zero-order chi connectivity index (χ0) is 14.1. The quantitative estimate of drug-likeness (QED) is 0.328. The third-order valence-electron chi connectivity index (χ3n) is 3.19. The molecule has 5 nitrogen and oxygen atoms in total. The number of amidine groups is 1. The zero-order valence-corrected chi connectivity index (χ0v) is 11.7. The SMILES string of the molecule is CCCCC(CC)COc1cnccc1/C(N)=N/O. The molecule has 19 heavy (non-hydrogen) atoms. The number of aromatic nitrogens is 1. The lowest BCUT2D eigenvalue weighted by atomic mass is 10.0. The highest BCUT2D eigenvalue weighted by molar-refractivity contribution is 5.99. The lowest BCUT2D eigenvalue weighted by Crippen LogP contribution is -2.17. The molecule has 1 atom stereocenters. The highest BCUT2D eigenvalue weighted by Gasteiger charge is 2.11. The summed E-state index contributed by atoms with van der Waals surface area (Å²) in [6.07, 6.45) is 7.83. The van der Waals surface area contributed by atoms with Gasteiger partial charge in [0.05, 0.1) is 18.4 Å². The maximum absolute atomic E-state index is 8.74. The molecule has 0 fully saturated rings. The van der Waals surface area contributed by atoms with Gasteiger partial charge in [0.2, 0.25) is 0 Å². The fraction of sp³-hybridized carbons (Fsp3) is 0.571. The van der Waals surface area contributed by atoms with Gasteiger partial charge in [0.25, 0.3) is 0 Å². The Morgan fingerprint density at radius 3 is 2.95 bits per heavy atom. The second-order valence-electron chi connectivity index (χ2n) is 4.58. The molecule has 0 aliphatic heterocycles. The van der Waals surface area contributed by atoms with E-state index < -0.39 is 0 Å². The molecule has 0 saturated carbocycles. The molecule has 0 bridgehead atoms. The van der Waals surface area contributed by atoms with Gasteiger partial charge in [-0.05, 0) is 18.4 Å². The predicted molar refractivity (Wildman–Crippen MR) is 75.5 cm³/mol. The van der Waals surface area contributed by atoms with Crippen LogP contribution in [0.5, 0.6) is 5.75 Å². The Balaban J connectivity index is 2.66. The third kappa shape index (κ3) is 4.77. The van der Waals surface area contributed by atoms with Crippen molar-refractivity contribution in [3.8, 4) is 5.75 Å². The monoisotopic (exact) mass is 265 g/mol. The second-order valence-corrected chi connectivity index (χ2v) is 4.58. The van der Waals surface area contributed by atoms with Crippen molar-refractivity contribution in [1.29, 1.82) is 0 Å². The number of nitrogens with zero attached hydrogens (tertiary/aromatic N) is 2. The van der Waals surface area contributed by atoms with Crippen LogP contribution in [-0.2, 0) is 0 Å². The lowest BCUT2D eigenvalue weighted by Gasteiger charge is -2.16. The summed E-state index contributed by atoms with van der Waals surface area (Å²) in [5.41, 5.74) is 6.18. The Morgan fingerprint density at radius 2 is 2.32 bits per heavy atom. The molecule has 1 heterocycles. The van der Waals surface area contributed by atoms with E-state index in [9.17, 15) is 0 Å². The van der Waals surface area contributed by atoms with Crippen LogP contribution in [0.4, 0.5) is 0 Å². The number of ether oxygens (including phenoxy) is 1. The van der Waals surface area contributed by atoms with Crippen molar-refractivity contribution in [1.82, 2.24) is 4.98 Å². The molecule has 0 aliphatic rings. The van der Waals surface area contributed by atoms with E-state index in [1.54, 1.807) is 18.5 Å². The van der Waals surface area contributed by atoms with Gasteiger partial charge in [0, 0.05) is 6.20 Å². The highest BCUT2D eigenvalue weighted by Crippen LogP contribution is 2.19. The number of unbranched alkanes of at least 4 members (excludes halogenated alkanes) is 1. The van der Waals surface area contributed by atoms with Crippen molar-refractivity contribution in [2.75, 3.05) is 6.61 Å². The molecular weight excluding hydrogens is 242 g/mol. The number of nitrogens with two attached hydrogens (primary N) is 1. The van der Waals surface area contributed by atoms with Gasteiger partial charge in [-0.3, -0.25) is 4.98 Å². The molecule has 1 aromatic heterocycles. The van der Waals surface area contributed by atoms with Crippen molar-refractivity contribution in [3.05, 3.63) is 24.0 Å². The van der Waals surface area contributed by atoms with Gasteiger partial charge in [0.1, 0.15) is 5.75 Å². The van der Waals surface area contributed by atoms with Crippen LogP contribution in [0.3, 0.4) is 0 Å². The van der Waals surface area contributed by atoms with Gasteiger partial charge < -0.3 is 15.7 Å². The molecule has 1 aromatic rings. The molecule has 5 heteroatoms. The minimum absolute atomic E-state index is 0.0407. The van der Waals surface area contributed by atoms with E-state index in [2.05, 4.69) is 24.0 Å². The van der Waals surface area contributed by atoms with Crippen LogP contribution in [0.2, 0.25) is 0 Å². The topological polar surface area (TPSA) is 80.7 Å². The molecule has 106 valence electrons. The normalized spacial score (nSPS) is 13.3. The first-order valence-electron chi connectivity index (χ1n) is 6.77. The first-order chi connectivity index (χ1) is 9.22. The van der Waals surface area contributed by atoms with Crippen molar-refractivity contribution < 1.29 is 9.94 Å². The van der Waals surface area contributed by atoms with E-state index in [1.807, 2.05) is 0 Å². The fourth-order valence-electron chi connectivity index (χ4n) is 1.87. The van der Waals surface area contributed by atoms with Gasteiger partial charge in [0.15, 0.2) is 5.84 Å². The van der Waals surface area contributed by atoms with Crippen LogP contribution >= 0.6 is 0 Å². The first-order valence-corrected chi connectivity index (χ1v) is 6.77. The summed E-state index contributed by atoms with van der Waals surface area (Å²) in [5.74, 6) is 1.13. The second kappa shape index (κ2) is 8.34. The van der Waals surface area contributed by atoms with E-state index in [0.29, 0.717) is 23.8 Å². The average Bonchev–Trinajstić information content (AvgIpc) is 2.47. The van der Waals surface area contributed by atoms with Gasteiger partial charge in [-0.25, -0.2) is 0 Å². The minimum atomic E-state index is 0.0407. The van der Waals surface area contributed by atoms with Crippen molar-refractivity contribution in [3.63, 3.8) is 0 Å². The molecule has 3 N–H and O–H groups in total. The molecule has 0 spiro atoms. The Bertz CT molecular complexity index is 407. The standard InChI is InChI=1S/C14H23N3O2/c1-3-5-6-11(4-2)10-19-13-9-16-8-7-12(13)14(15)17-18/h7-9,11,18H,3-6,10H2,1-2H3,(H2,15,17). The smallest absolute Gasteiger partial charge is 0.173 e. The van der Waals surface area contributed by atoms with Crippen LogP contribution in [0.15, 0.2) is 23.6 Å². The summed E-state index contributed by atoms with van der Waals surface area (Å²) in [6.45, 7) is 4.98. The van der Waals surface area contributed by atoms with Crippen molar-refractivity contribution in [2.45, 2.75) is 39.5 Å². The summed E-state index contributed by atoms with van der Waals surface area (Å²) >= 11 is 0. The lowest BCUT2D eigenvalue weighted by molar-refractivity contribution is 0.232. The molecule has 1 unspecified atom stereocenters. The van der Waals surface area contributed by atoms with Crippen molar-refractivity contribution >= 4 is 5.84 Å². The summed E-state index contributed by atoms with van der Waals surface area (Å²) in [7, 11) is 0. The van der Waals surface area contributed by atoms with Gasteiger partial charge in [-0.1, -0.05) is 38.3 Å². The molecular formula is C14H23N3O2. The Hall–Kier alpha value is -1.78. The zero-order valence-electron chi connectivity index (χ0n) is 11.7. The van der Waals surface area contributed by atoms with E-state index >= 15 is 0 Å². The summed E-state index contributed by atoms with van der Waals surface area (Å²) < 4.78 is 5.78. The van der Waals surface area contributed by atoms with E-state index in [0.717, 1.165) is 12.8 Å². The van der Waals surface area contributed by atoms with E-state index in [-0.39, 0.29) is 5.84 Å². The van der Waals surface area contributed by atoms with Gasteiger partial charge in [-0.2, -0.15) is 0 Å². The number of pyridine rings is 1. The number of hydrogen-bond acceptors (Lipinski definition) is 4. The average molecular weight is 265 g/mol. The van der Waals surface area contributed by atoms with Crippen LogP contribution in [-0.4, -0.2) is 22.6 Å². The number of rotatable bonds is 8. The largest absolute Gasteiger partial charge is 0.491 e. The van der Waals surface area contributed by atoms with E-state index in [4.69, 9.17) is 15.7 Å². The Labute approximate surface area is 114 Å². The number of oxime groups is 1. The molecule has 0 aromatic carbocycles. The molecule has 1 rings (SSSR count). The Morgan fingerprint density at radius 1 is 1.53 bits per heavy atom. The van der Waals surface area contributed by atoms with Crippen LogP contribution in [0, 0.1) is 5.92 Å². The van der Waals surface area contributed by atoms with Crippen LogP contribution in [0.1, 0.15) is 45.1 Å². The maximum atomic E-state index is 8.74. The highest BCUT2D eigenvalue weighted by atomic mass is 16.5. The fourth-order valence-corrected chi connectivity index (χ4v) is 1.87. The minimum Gasteiger partial charge on any atom is -0.491 e. The predicted octanol–water partition coefficient (Wildman–Crippen LogP) is 2.77. The molecule has 0 aliphatic carbocycles. The van der Waals surface area contributed by atoms with Gasteiger partial charge >= 0.3 is 0 Å². The summed E-state index contributed by atoms with van der Waals surface area (Å²) in [5, 5.41) is 11.7. The summed E-state index contributed by atoms with van der Waals surface area (Å²) in [4.78, 5) is 4.01. The molecule has 0 radical (unpaired) electrons. The molecule has 0 saturated heterocycles. The Kier molecular flexibility index (Phi) is 6.71. The molecule has 0 amide bonds. The number of hydrogen-bond donors (Lipinski definition) is 2. The maximum Gasteiger partial charge on any atom is 0.173 e. The third-order valence-corrected chi connectivity index (χ3v) is 3.19. The summed E-state index contributed by atoms with van der Waals surface area (Å²) in [6, 6.07) is 1.68. The van der Waals surface area contributed by atoms with Crippen molar-refractivity contribution in [2.24, 2.45) is 16.8 Å². The van der Waals surface area contributed by atoms with Gasteiger partial charge in [-0.15, -0.1) is 0 Å². The van der Waals surface area contributed by atoms with Crippen LogP contribution in [0.25, 0.3) is 0 Å². The first kappa shape index (κ1) is 15.3.